The maximum atomic E-state index is 7.32. The van der Waals surface area contributed by atoms with Gasteiger partial charge in [-0.05, 0) is 71.4 Å². The molecule has 0 saturated heterocycles. The number of rotatable bonds is 8. The molecule has 0 aliphatic carbocycles. The highest BCUT2D eigenvalue weighted by Gasteiger charge is 2.50. The van der Waals surface area contributed by atoms with E-state index < -0.39 is 23.0 Å². The van der Waals surface area contributed by atoms with E-state index in [0.717, 1.165) is 32.7 Å². The number of hydrogen-bond acceptors (Lipinski definition) is 9. The summed E-state index contributed by atoms with van der Waals surface area (Å²) in [4.78, 5) is 0. The van der Waals surface area contributed by atoms with Gasteiger partial charge in [0.2, 0.25) is 0 Å². The summed E-state index contributed by atoms with van der Waals surface area (Å²) < 4.78 is 58.5. The first-order valence-corrected chi connectivity index (χ1v) is 22.5. The molecule has 9 nitrogen and oxygen atoms in total. The van der Waals surface area contributed by atoms with E-state index in [2.05, 4.69) is 24.3 Å². The van der Waals surface area contributed by atoms with Gasteiger partial charge < -0.3 is 27.1 Å². The van der Waals surface area contributed by atoms with Crippen molar-refractivity contribution in [2.24, 2.45) is 13.5 Å². The van der Waals surface area contributed by atoms with E-state index in [0.29, 0.717) is 34.5 Å². The number of benzene rings is 8. The van der Waals surface area contributed by atoms with Gasteiger partial charge in [-0.15, -0.1) is 0 Å². The van der Waals surface area contributed by atoms with E-state index in [-0.39, 0.29) is 0 Å². The third kappa shape index (κ3) is 6.61. The van der Waals surface area contributed by atoms with Gasteiger partial charge in [-0.2, -0.15) is 0 Å². The molecule has 0 aromatic heterocycles. The van der Waals surface area contributed by atoms with Gasteiger partial charge in [0.25, 0.3) is 0 Å². The molecule has 10 rings (SSSR count). The van der Waals surface area contributed by atoms with Crippen LogP contribution in [0.1, 0.15) is 0 Å². The Morgan fingerprint density at radius 1 is 0.321 bits per heavy atom. The fraction of sp³-hybridized carbons (Fsp3) is 0. The molecule has 2 heterocycles. The van der Waals surface area contributed by atoms with Crippen LogP contribution in [0.4, 0.5) is 0 Å². The molecule has 0 fully saturated rings. The average Bonchev–Trinajstić information content (AvgIpc) is 3.36. The summed E-state index contributed by atoms with van der Waals surface area (Å²) in [5.74, 6) is 2.97. The number of hydrogen-bond donors (Lipinski definition) is 0. The van der Waals surface area contributed by atoms with E-state index in [1.54, 1.807) is 0 Å². The van der Waals surface area contributed by atoms with Crippen molar-refractivity contribution < 1.29 is 27.1 Å². The molecule has 8 aromatic carbocycles. The zero-order valence-corrected chi connectivity index (χ0v) is 32.3. The molecule has 0 amide bonds. The highest BCUT2D eigenvalue weighted by atomic mass is 31.3. The summed E-state index contributed by atoms with van der Waals surface area (Å²) in [7, 11) is -12.0. The Balaban J connectivity index is 1.34. The van der Waals surface area contributed by atoms with Crippen LogP contribution < -0.4 is 27.1 Å². The first-order chi connectivity index (χ1) is 27.6. The van der Waals surface area contributed by atoms with Crippen LogP contribution in [0.5, 0.6) is 34.5 Å². The Morgan fingerprint density at radius 2 is 0.661 bits per heavy atom. The zero-order chi connectivity index (χ0) is 37.4. The second-order valence-electron chi connectivity index (χ2n) is 12.9. The highest BCUT2D eigenvalue weighted by molar-refractivity contribution is 7.79. The number of fused-ring (bicyclic) bond motifs is 7. The monoisotopic (exact) mass is 791 g/mol. The minimum Gasteiger partial charge on any atom is -0.413 e. The lowest BCUT2D eigenvalue weighted by atomic mass is 9.96. The number of nitrogens with zero attached hydrogens (tertiary/aromatic N) is 3. The Kier molecular flexibility index (Phi) is 8.64. The molecule has 56 heavy (non-hydrogen) atoms. The van der Waals surface area contributed by atoms with Crippen molar-refractivity contribution in [2.75, 3.05) is 0 Å². The summed E-state index contributed by atoms with van der Waals surface area (Å²) in [6.45, 7) is 0. The maximum Gasteiger partial charge on any atom is 0.460 e. The van der Waals surface area contributed by atoms with E-state index in [1.165, 1.54) is 0 Å². The molecule has 1 spiro atoms. The fourth-order valence-corrected chi connectivity index (χ4v) is 15.7. The molecule has 2 aliphatic rings. The largest absolute Gasteiger partial charge is 0.460 e. The van der Waals surface area contributed by atoms with Crippen LogP contribution in [-0.4, -0.2) is 0 Å². The second kappa shape index (κ2) is 14.1. The quantitative estimate of drug-likeness (QED) is 0.142. The van der Waals surface area contributed by atoms with Gasteiger partial charge in [-0.3, -0.25) is 0 Å². The fourth-order valence-electron chi connectivity index (χ4n) is 6.58. The Hall–Kier alpha value is -6.23. The van der Waals surface area contributed by atoms with Crippen LogP contribution in [-0.2, 0) is 0 Å². The first kappa shape index (κ1) is 34.3. The van der Waals surface area contributed by atoms with Crippen LogP contribution >= 0.6 is 23.0 Å². The van der Waals surface area contributed by atoms with Gasteiger partial charge in [0.15, 0.2) is 0 Å². The summed E-state index contributed by atoms with van der Waals surface area (Å²) in [6.07, 6.45) is 0. The van der Waals surface area contributed by atoms with Crippen LogP contribution in [0.2, 0.25) is 0 Å². The van der Waals surface area contributed by atoms with Crippen molar-refractivity contribution in [3.05, 3.63) is 194 Å². The van der Waals surface area contributed by atoms with Crippen molar-refractivity contribution in [1.29, 1.82) is 0 Å². The summed E-state index contributed by atoms with van der Waals surface area (Å²) >= 11 is 0. The number of para-hydroxylation sites is 4. The topological polar surface area (TPSA) is 92.5 Å². The van der Waals surface area contributed by atoms with Crippen molar-refractivity contribution in [3.8, 4) is 45.6 Å². The van der Waals surface area contributed by atoms with Gasteiger partial charge in [-0.25, -0.2) is 0 Å². The van der Waals surface area contributed by atoms with Crippen LogP contribution in [0.25, 0.3) is 32.7 Å². The molecule has 0 saturated carbocycles. The van der Waals surface area contributed by atoms with E-state index in [4.69, 9.17) is 40.7 Å². The highest BCUT2D eigenvalue weighted by Crippen LogP contribution is 2.79. The predicted octanol–water partition coefficient (Wildman–Crippen LogP) is 14.6. The lowest BCUT2D eigenvalue weighted by Gasteiger charge is -2.32. The molecule has 8 aromatic rings. The summed E-state index contributed by atoms with van der Waals surface area (Å²) in [5.41, 5.74) is 1.64. The molecule has 12 heteroatoms. The van der Waals surface area contributed by atoms with Gasteiger partial charge in [0.1, 0.15) is 34.5 Å². The van der Waals surface area contributed by atoms with Gasteiger partial charge in [-0.1, -0.05) is 147 Å². The minimum absolute atomic E-state index is 0.466. The zero-order valence-electron chi connectivity index (χ0n) is 29.6. The Morgan fingerprint density at radius 3 is 1.05 bits per heavy atom. The van der Waals surface area contributed by atoms with E-state index >= 15 is 0 Å². The third-order valence-corrected chi connectivity index (χ3v) is 17.1. The SMILES string of the molecule is c1ccc(OP2(Oc3ccccc3)=NP(Oc3ccccc3)(Oc3ccccc3)=NP3(=N2)Oc2c(ccc4ccccc24)-c2ccc4ccccc4c2O3)cc1. The smallest absolute Gasteiger partial charge is 0.413 e. The van der Waals surface area contributed by atoms with E-state index in [1.807, 2.05) is 170 Å². The molecule has 274 valence electrons. The molecular weight excluding hydrogens is 759 g/mol. The molecular formula is C44H32N3O6P3. The summed E-state index contributed by atoms with van der Waals surface area (Å²) in [5, 5.41) is 3.66. The minimum atomic E-state index is -4.04. The van der Waals surface area contributed by atoms with Crippen molar-refractivity contribution in [2.45, 2.75) is 0 Å². The van der Waals surface area contributed by atoms with Gasteiger partial charge in [0, 0.05) is 21.9 Å². The van der Waals surface area contributed by atoms with Gasteiger partial charge >= 0.3 is 23.0 Å². The standard InChI is InChI=1S/C44H32N3O6P3/c1-5-19-35(20-6-1)48-54(49-36-21-7-2-8-22-36)45-55(50-37-23-9-3-10-24-37,51-38-25-11-4-12-26-38)47-56(46-54)52-43-39-27-15-13-17-33(39)29-31-41(43)42-32-30-34-18-14-16-28-40(34)44(42)53-56/h1-32H. The van der Waals surface area contributed by atoms with Crippen LogP contribution in [0.15, 0.2) is 208 Å². The molecule has 0 atom stereocenters. The van der Waals surface area contributed by atoms with Crippen molar-refractivity contribution >= 4 is 44.5 Å². The maximum absolute atomic E-state index is 7.32. The van der Waals surface area contributed by atoms with Crippen LogP contribution in [0.3, 0.4) is 0 Å². The second-order valence-corrected chi connectivity index (χ2v) is 19.1. The van der Waals surface area contributed by atoms with E-state index in [9.17, 15) is 0 Å². The van der Waals surface area contributed by atoms with Gasteiger partial charge in [0.05, 0.1) is 0 Å². The first-order valence-electron chi connectivity index (χ1n) is 17.9. The molecule has 0 unspecified atom stereocenters. The average molecular weight is 792 g/mol. The Bertz CT molecular complexity index is 2650. The molecule has 2 aliphatic heterocycles. The molecule has 0 radical (unpaired) electrons. The van der Waals surface area contributed by atoms with Crippen molar-refractivity contribution in [1.82, 2.24) is 0 Å². The molecule has 0 N–H and O–H groups in total. The van der Waals surface area contributed by atoms with Crippen molar-refractivity contribution in [3.63, 3.8) is 0 Å². The third-order valence-electron chi connectivity index (χ3n) is 9.02. The lowest BCUT2D eigenvalue weighted by Crippen LogP contribution is -2.11. The normalized spacial score (nSPS) is 15.6. The molecule has 0 bridgehead atoms. The van der Waals surface area contributed by atoms with Crippen LogP contribution in [0, 0.1) is 0 Å². The predicted molar refractivity (Wildman–Crippen MR) is 224 cm³/mol. The lowest BCUT2D eigenvalue weighted by molar-refractivity contribution is 0.446. The Labute approximate surface area is 323 Å². The summed E-state index contributed by atoms with van der Waals surface area (Å²) in [6, 6.07) is 61.6.